The third kappa shape index (κ3) is 13.3. The summed E-state index contributed by atoms with van der Waals surface area (Å²) in [5, 5.41) is 20.0. The fraction of sp³-hybridized carbons (Fsp3) is 0.250. The molecule has 0 atom stereocenters. The van der Waals surface area contributed by atoms with E-state index in [9.17, 15) is 29.7 Å². The summed E-state index contributed by atoms with van der Waals surface area (Å²) >= 11 is 0. The Morgan fingerprint density at radius 2 is 0.724 bits per heavy atom. The second-order valence-corrected chi connectivity index (χ2v) is 14.9. The van der Waals surface area contributed by atoms with Crippen molar-refractivity contribution in [1.29, 1.82) is 10.5 Å². The third-order valence-corrected chi connectivity index (χ3v) is 8.55. The van der Waals surface area contributed by atoms with E-state index in [1.807, 2.05) is 133 Å². The number of nitrogens with zero attached hydrogens (tertiary/aromatic N) is 2. The molecule has 0 amide bonds. The normalized spacial score (nSPS) is 11.0. The fourth-order valence-electron chi connectivity index (χ4n) is 5.52. The zero-order chi connectivity index (χ0) is 42.0. The number of ether oxygens (including phenoxy) is 4. The molecule has 10 nitrogen and oxygen atoms in total. The molecule has 0 saturated carbocycles. The molecule has 4 aromatic carbocycles. The van der Waals surface area contributed by atoms with Gasteiger partial charge in [0.05, 0.1) is 26.1 Å². The first-order valence-corrected chi connectivity index (χ1v) is 18.6. The molecule has 0 bridgehead atoms. The van der Waals surface area contributed by atoms with Crippen LogP contribution in [0, 0.1) is 33.5 Å². The highest BCUT2D eigenvalue weighted by molar-refractivity contribution is 6.06. The van der Waals surface area contributed by atoms with Crippen molar-refractivity contribution in [1.82, 2.24) is 0 Å². The minimum Gasteiger partial charge on any atom is -0.465 e. The fourth-order valence-corrected chi connectivity index (χ4v) is 5.52. The summed E-state index contributed by atoms with van der Waals surface area (Å²) in [7, 11) is 0. The van der Waals surface area contributed by atoms with E-state index in [0.717, 1.165) is 0 Å². The number of rotatable bonds is 18. The van der Waals surface area contributed by atoms with Crippen molar-refractivity contribution in [3.63, 3.8) is 0 Å². The lowest BCUT2D eigenvalue weighted by Crippen LogP contribution is -2.29. The lowest BCUT2D eigenvalue weighted by atomic mass is 9.93. The summed E-state index contributed by atoms with van der Waals surface area (Å²) < 4.78 is 21.9. The second kappa shape index (κ2) is 21.3. The molecule has 0 fully saturated rings. The molecule has 4 aromatic rings. The van der Waals surface area contributed by atoms with E-state index in [1.165, 1.54) is 12.2 Å². The Labute approximate surface area is 339 Å². The standard InChI is InChI=1S/C48H46N2O8/c1-47(2,33-57-45(53)39(29-49)43(35-19-9-5-10-20-35)36-21-11-6-12-22-36)31-55-41(51)27-17-18-28-42(52)56-32-48(3,4)34-58-46(54)40(30-50)44(37-23-13-7-14-24-37)38-25-15-8-16-26-38/h5-26H,27-28,31-34H2,1-4H3/b18-17-. The molecule has 0 saturated heterocycles. The molecular formula is C48H46N2O8. The second-order valence-electron chi connectivity index (χ2n) is 14.9. The van der Waals surface area contributed by atoms with Crippen LogP contribution in [0.15, 0.2) is 145 Å². The molecule has 0 aliphatic carbocycles. The van der Waals surface area contributed by atoms with Gasteiger partial charge in [0.15, 0.2) is 0 Å². The molecule has 0 aromatic heterocycles. The maximum absolute atomic E-state index is 13.2. The highest BCUT2D eigenvalue weighted by Gasteiger charge is 2.27. The molecule has 0 heterocycles. The number of hydrogen-bond acceptors (Lipinski definition) is 10. The number of nitriles is 2. The first kappa shape index (κ1) is 43.7. The summed E-state index contributed by atoms with van der Waals surface area (Å²) in [6.45, 7) is 6.70. The Bertz CT molecular complexity index is 1970. The van der Waals surface area contributed by atoms with Gasteiger partial charge in [-0.1, -0.05) is 161 Å². The van der Waals surface area contributed by atoms with Gasteiger partial charge in [-0.3, -0.25) is 9.59 Å². The van der Waals surface area contributed by atoms with Crippen molar-refractivity contribution >= 4 is 35.0 Å². The molecule has 0 radical (unpaired) electrons. The van der Waals surface area contributed by atoms with Crippen LogP contribution in [0.4, 0.5) is 0 Å². The molecule has 58 heavy (non-hydrogen) atoms. The van der Waals surface area contributed by atoms with Gasteiger partial charge in [0, 0.05) is 22.0 Å². The SMILES string of the molecule is CC(C)(COC(=O)C/C=C\CC(=O)OCC(C)(C)COC(=O)C(C#N)=C(c1ccccc1)c1ccccc1)COC(=O)C(C#N)=C(c1ccccc1)c1ccccc1. The molecule has 0 spiro atoms. The topological polar surface area (TPSA) is 153 Å². The predicted octanol–water partition coefficient (Wildman–Crippen LogP) is 8.60. The third-order valence-electron chi connectivity index (χ3n) is 8.55. The summed E-state index contributed by atoms with van der Waals surface area (Å²) in [6, 6.07) is 40.5. The van der Waals surface area contributed by atoms with E-state index in [2.05, 4.69) is 0 Å². The Hall–Kier alpha value is -7.04. The van der Waals surface area contributed by atoms with Crippen molar-refractivity contribution in [2.75, 3.05) is 26.4 Å². The lowest BCUT2D eigenvalue weighted by Gasteiger charge is -2.24. The van der Waals surface area contributed by atoms with Gasteiger partial charge in [-0.2, -0.15) is 10.5 Å². The summed E-state index contributed by atoms with van der Waals surface area (Å²) in [4.78, 5) is 51.3. The maximum Gasteiger partial charge on any atom is 0.349 e. The number of esters is 4. The van der Waals surface area contributed by atoms with Gasteiger partial charge in [-0.15, -0.1) is 0 Å². The molecule has 10 heteroatoms. The average molecular weight is 779 g/mol. The predicted molar refractivity (Wildman–Crippen MR) is 219 cm³/mol. The summed E-state index contributed by atoms with van der Waals surface area (Å²) in [5.41, 5.74) is 1.88. The van der Waals surface area contributed by atoms with Gasteiger partial charge in [-0.05, 0) is 22.3 Å². The van der Waals surface area contributed by atoms with E-state index < -0.39 is 34.7 Å². The van der Waals surface area contributed by atoms with E-state index in [0.29, 0.717) is 33.4 Å². The minimum atomic E-state index is -0.787. The first-order chi connectivity index (χ1) is 27.8. The molecular weight excluding hydrogens is 733 g/mol. The van der Waals surface area contributed by atoms with Gasteiger partial charge in [0.1, 0.15) is 36.5 Å². The van der Waals surface area contributed by atoms with Crippen LogP contribution < -0.4 is 0 Å². The van der Waals surface area contributed by atoms with Crippen molar-refractivity contribution in [2.24, 2.45) is 10.8 Å². The number of carbonyl (C=O) groups is 4. The Morgan fingerprint density at radius 1 is 0.466 bits per heavy atom. The van der Waals surface area contributed by atoms with Crippen LogP contribution in [0.5, 0.6) is 0 Å². The van der Waals surface area contributed by atoms with Crippen LogP contribution in [0.1, 0.15) is 62.8 Å². The zero-order valence-corrected chi connectivity index (χ0v) is 33.1. The van der Waals surface area contributed by atoms with Crippen LogP contribution in [0.25, 0.3) is 11.1 Å². The Balaban J connectivity index is 1.22. The van der Waals surface area contributed by atoms with Crippen LogP contribution in [0.2, 0.25) is 0 Å². The molecule has 0 unspecified atom stereocenters. The minimum absolute atomic E-state index is 0.0596. The lowest BCUT2D eigenvalue weighted by molar-refractivity contribution is -0.151. The number of hydrogen-bond donors (Lipinski definition) is 0. The molecule has 0 aliphatic heterocycles. The van der Waals surface area contributed by atoms with Crippen LogP contribution in [-0.4, -0.2) is 50.3 Å². The maximum atomic E-state index is 13.2. The number of benzene rings is 4. The van der Waals surface area contributed by atoms with Gasteiger partial charge >= 0.3 is 23.9 Å². The van der Waals surface area contributed by atoms with Crippen LogP contribution in [0.3, 0.4) is 0 Å². The van der Waals surface area contributed by atoms with Gasteiger partial charge in [-0.25, -0.2) is 9.59 Å². The average Bonchev–Trinajstić information content (AvgIpc) is 3.24. The van der Waals surface area contributed by atoms with E-state index in [1.54, 1.807) is 27.7 Å². The van der Waals surface area contributed by atoms with Crippen LogP contribution >= 0.6 is 0 Å². The van der Waals surface area contributed by atoms with Crippen molar-refractivity contribution in [3.8, 4) is 12.1 Å². The van der Waals surface area contributed by atoms with Crippen LogP contribution in [-0.2, 0) is 38.1 Å². The highest BCUT2D eigenvalue weighted by atomic mass is 16.6. The van der Waals surface area contributed by atoms with Gasteiger partial charge in [0.25, 0.3) is 0 Å². The van der Waals surface area contributed by atoms with Gasteiger partial charge in [0.2, 0.25) is 0 Å². The monoisotopic (exact) mass is 778 g/mol. The van der Waals surface area contributed by atoms with Gasteiger partial charge < -0.3 is 18.9 Å². The molecule has 4 rings (SSSR count). The van der Waals surface area contributed by atoms with E-state index in [-0.39, 0.29) is 50.4 Å². The smallest absolute Gasteiger partial charge is 0.349 e. The molecule has 296 valence electrons. The Kier molecular flexibility index (Phi) is 16.1. The highest BCUT2D eigenvalue weighted by Crippen LogP contribution is 2.30. The van der Waals surface area contributed by atoms with Crippen molar-refractivity contribution in [3.05, 3.63) is 167 Å². The largest absolute Gasteiger partial charge is 0.465 e. The molecule has 0 aliphatic rings. The molecule has 0 N–H and O–H groups in total. The van der Waals surface area contributed by atoms with E-state index >= 15 is 0 Å². The van der Waals surface area contributed by atoms with Crippen molar-refractivity contribution < 1.29 is 38.1 Å². The first-order valence-electron chi connectivity index (χ1n) is 18.6. The quantitative estimate of drug-likeness (QED) is 0.0316. The zero-order valence-electron chi connectivity index (χ0n) is 33.1. The summed E-state index contributed by atoms with van der Waals surface area (Å²) in [6.07, 6.45) is 2.78. The van der Waals surface area contributed by atoms with E-state index in [4.69, 9.17) is 18.9 Å². The Morgan fingerprint density at radius 3 is 0.983 bits per heavy atom. The number of carbonyl (C=O) groups excluding carboxylic acids is 4. The van der Waals surface area contributed by atoms with Crippen molar-refractivity contribution in [2.45, 2.75) is 40.5 Å². The summed E-state index contributed by atoms with van der Waals surface area (Å²) in [5.74, 6) is -2.67.